The summed E-state index contributed by atoms with van der Waals surface area (Å²) in [7, 11) is 3.27. The van der Waals surface area contributed by atoms with Crippen molar-refractivity contribution in [1.82, 2.24) is 4.98 Å². The summed E-state index contributed by atoms with van der Waals surface area (Å²) in [5.74, 6) is 2.92. The summed E-state index contributed by atoms with van der Waals surface area (Å²) in [6.45, 7) is 2.25. The summed E-state index contributed by atoms with van der Waals surface area (Å²) < 4.78 is 21.6. The van der Waals surface area contributed by atoms with E-state index in [-0.39, 0.29) is 19.2 Å². The molecule has 0 radical (unpaired) electrons. The first-order valence-corrected chi connectivity index (χ1v) is 7.63. The number of hydrogen-bond donors (Lipinski definition) is 0. The van der Waals surface area contributed by atoms with Gasteiger partial charge >= 0.3 is 0 Å². The Morgan fingerprint density at radius 1 is 0.920 bits per heavy atom. The zero-order valence-electron chi connectivity index (χ0n) is 14.2. The fourth-order valence-corrected chi connectivity index (χ4v) is 2.95. The van der Waals surface area contributed by atoms with E-state index in [1.54, 1.807) is 14.2 Å². The zero-order valence-corrected chi connectivity index (χ0v) is 15.0. The van der Waals surface area contributed by atoms with Crippen molar-refractivity contribution < 1.29 is 18.9 Å². The van der Waals surface area contributed by atoms with Gasteiger partial charge in [0.1, 0.15) is 0 Å². The molecule has 0 saturated heterocycles. The minimum absolute atomic E-state index is 0. The summed E-state index contributed by atoms with van der Waals surface area (Å²) in [4.78, 5) is 4.74. The number of hydrogen-bond acceptors (Lipinski definition) is 5. The third kappa shape index (κ3) is 2.91. The fourth-order valence-electron chi connectivity index (χ4n) is 2.95. The van der Waals surface area contributed by atoms with Crippen molar-refractivity contribution >= 4 is 23.2 Å². The van der Waals surface area contributed by atoms with Crippen LogP contribution in [0.25, 0.3) is 22.0 Å². The van der Waals surface area contributed by atoms with Crippen LogP contribution in [0.1, 0.15) is 5.69 Å². The number of ether oxygens (including phenoxy) is 4. The number of halogens is 1. The van der Waals surface area contributed by atoms with Crippen molar-refractivity contribution in [3.05, 3.63) is 42.1 Å². The quantitative estimate of drug-likeness (QED) is 0.694. The zero-order chi connectivity index (χ0) is 16.7. The highest BCUT2D eigenvalue weighted by molar-refractivity contribution is 5.90. The number of pyridine rings is 1. The van der Waals surface area contributed by atoms with Gasteiger partial charge in [-0.05, 0) is 48.7 Å². The largest absolute Gasteiger partial charge is 0.493 e. The van der Waals surface area contributed by atoms with Crippen molar-refractivity contribution in [1.29, 1.82) is 0 Å². The van der Waals surface area contributed by atoms with Gasteiger partial charge in [0.2, 0.25) is 6.79 Å². The van der Waals surface area contributed by atoms with Gasteiger partial charge in [0.15, 0.2) is 23.0 Å². The standard InChI is InChI=1S/C19H17NO4.ClH/c1-11-14-9-18(22-3)17(21-2)8-13(14)6-15(20-11)12-4-5-16-19(7-12)24-10-23-16;/h4-9H,10H2,1-3H3;1H. The Hall–Kier alpha value is -2.66. The van der Waals surface area contributed by atoms with Crippen molar-refractivity contribution in [2.45, 2.75) is 6.92 Å². The topological polar surface area (TPSA) is 49.8 Å². The Kier molecular flexibility index (Phi) is 4.59. The maximum Gasteiger partial charge on any atom is 0.231 e. The Bertz CT molecular complexity index is 942. The van der Waals surface area contributed by atoms with Gasteiger partial charge in [-0.3, -0.25) is 4.98 Å². The molecule has 2 aromatic carbocycles. The lowest BCUT2D eigenvalue weighted by Crippen LogP contribution is -1.94. The second kappa shape index (κ2) is 6.69. The van der Waals surface area contributed by atoms with Crippen LogP contribution in [-0.4, -0.2) is 26.0 Å². The van der Waals surface area contributed by atoms with Crippen molar-refractivity contribution in [3.8, 4) is 34.3 Å². The predicted octanol–water partition coefficient (Wildman–Crippen LogP) is 4.38. The van der Waals surface area contributed by atoms with Gasteiger partial charge in [0.05, 0.1) is 19.9 Å². The lowest BCUT2D eigenvalue weighted by atomic mass is 10.0. The molecular weight excluding hydrogens is 342 g/mol. The van der Waals surface area contributed by atoms with Gasteiger partial charge in [0.25, 0.3) is 0 Å². The number of benzene rings is 2. The highest BCUT2D eigenvalue weighted by Crippen LogP contribution is 2.38. The van der Waals surface area contributed by atoms with E-state index in [1.165, 1.54) is 0 Å². The molecule has 130 valence electrons. The van der Waals surface area contributed by atoms with Crippen LogP contribution < -0.4 is 18.9 Å². The molecular formula is C19H18ClNO4. The van der Waals surface area contributed by atoms with Crippen molar-refractivity contribution in [3.63, 3.8) is 0 Å². The molecule has 0 amide bonds. The lowest BCUT2D eigenvalue weighted by molar-refractivity contribution is 0.174. The highest BCUT2D eigenvalue weighted by Gasteiger charge is 2.16. The normalized spacial score (nSPS) is 12.0. The van der Waals surface area contributed by atoms with E-state index >= 15 is 0 Å². The molecule has 0 saturated carbocycles. The third-order valence-corrected chi connectivity index (χ3v) is 4.19. The van der Waals surface area contributed by atoms with Crippen molar-refractivity contribution in [2.75, 3.05) is 21.0 Å². The van der Waals surface area contributed by atoms with Gasteiger partial charge < -0.3 is 18.9 Å². The number of rotatable bonds is 3. The minimum atomic E-state index is 0. The first kappa shape index (κ1) is 17.2. The van der Waals surface area contributed by atoms with E-state index < -0.39 is 0 Å². The molecule has 0 N–H and O–H groups in total. The molecule has 1 aliphatic rings. The van der Waals surface area contributed by atoms with E-state index in [0.29, 0.717) is 11.5 Å². The summed E-state index contributed by atoms with van der Waals surface area (Å²) in [6, 6.07) is 11.8. The smallest absolute Gasteiger partial charge is 0.231 e. The number of aryl methyl sites for hydroxylation is 1. The van der Waals surface area contributed by atoms with Crippen LogP contribution in [0.3, 0.4) is 0 Å². The molecule has 1 aliphatic heterocycles. The van der Waals surface area contributed by atoms with Crippen LogP contribution in [0.2, 0.25) is 0 Å². The molecule has 6 heteroatoms. The predicted molar refractivity (Wildman–Crippen MR) is 98.4 cm³/mol. The van der Waals surface area contributed by atoms with E-state index in [9.17, 15) is 0 Å². The number of fused-ring (bicyclic) bond motifs is 2. The molecule has 0 atom stereocenters. The maximum absolute atomic E-state index is 5.46. The summed E-state index contributed by atoms with van der Waals surface area (Å²) in [5, 5.41) is 2.09. The van der Waals surface area contributed by atoms with Crippen LogP contribution >= 0.6 is 12.4 Å². The Balaban J connectivity index is 0.00000182. The Morgan fingerprint density at radius 3 is 2.40 bits per heavy atom. The van der Waals surface area contributed by atoms with Crippen LogP contribution in [-0.2, 0) is 0 Å². The average molecular weight is 360 g/mol. The molecule has 0 aliphatic carbocycles. The Morgan fingerprint density at radius 2 is 1.64 bits per heavy atom. The monoisotopic (exact) mass is 359 g/mol. The molecule has 2 heterocycles. The van der Waals surface area contributed by atoms with Gasteiger partial charge in [-0.15, -0.1) is 12.4 Å². The maximum atomic E-state index is 5.46. The number of methoxy groups -OCH3 is 2. The number of aromatic nitrogens is 1. The lowest BCUT2D eigenvalue weighted by Gasteiger charge is -2.12. The third-order valence-electron chi connectivity index (χ3n) is 4.19. The first-order chi connectivity index (χ1) is 11.7. The minimum Gasteiger partial charge on any atom is -0.493 e. The highest BCUT2D eigenvalue weighted by atomic mass is 35.5. The Labute approximate surface area is 151 Å². The second-order valence-corrected chi connectivity index (χ2v) is 5.59. The van der Waals surface area contributed by atoms with Crippen LogP contribution in [0, 0.1) is 6.92 Å². The van der Waals surface area contributed by atoms with Crippen LogP contribution in [0.5, 0.6) is 23.0 Å². The first-order valence-electron chi connectivity index (χ1n) is 7.63. The summed E-state index contributed by atoms with van der Waals surface area (Å²) in [5.41, 5.74) is 2.80. The van der Waals surface area contributed by atoms with Crippen LogP contribution in [0.15, 0.2) is 36.4 Å². The van der Waals surface area contributed by atoms with Gasteiger partial charge in [-0.2, -0.15) is 0 Å². The van der Waals surface area contributed by atoms with E-state index in [4.69, 9.17) is 23.9 Å². The van der Waals surface area contributed by atoms with Gasteiger partial charge in [-0.25, -0.2) is 0 Å². The molecule has 0 bridgehead atoms. The molecule has 0 spiro atoms. The summed E-state index contributed by atoms with van der Waals surface area (Å²) >= 11 is 0. The van der Waals surface area contributed by atoms with Gasteiger partial charge in [-0.1, -0.05) is 0 Å². The molecule has 5 nitrogen and oxygen atoms in total. The van der Waals surface area contributed by atoms with Crippen LogP contribution in [0.4, 0.5) is 0 Å². The molecule has 25 heavy (non-hydrogen) atoms. The molecule has 0 unspecified atom stereocenters. The van der Waals surface area contributed by atoms with E-state index in [1.807, 2.05) is 43.3 Å². The summed E-state index contributed by atoms with van der Waals surface area (Å²) in [6.07, 6.45) is 0. The average Bonchev–Trinajstić information content (AvgIpc) is 3.08. The molecule has 1 aromatic heterocycles. The second-order valence-electron chi connectivity index (χ2n) is 5.59. The van der Waals surface area contributed by atoms with Gasteiger partial charge in [0, 0.05) is 16.6 Å². The molecule has 4 rings (SSSR count). The number of nitrogens with zero attached hydrogens (tertiary/aromatic N) is 1. The fraction of sp³-hybridized carbons (Fsp3) is 0.211. The van der Waals surface area contributed by atoms with E-state index in [0.717, 1.165) is 39.2 Å². The molecule has 3 aromatic rings. The SMILES string of the molecule is COc1cc2cc(-c3ccc4c(c3)OCO4)nc(C)c2cc1OC.Cl. The van der Waals surface area contributed by atoms with Crippen molar-refractivity contribution in [2.24, 2.45) is 0 Å². The van der Waals surface area contributed by atoms with E-state index in [2.05, 4.69) is 0 Å². The molecule has 0 fully saturated rings.